The van der Waals surface area contributed by atoms with Gasteiger partial charge in [-0.25, -0.2) is 0 Å². The van der Waals surface area contributed by atoms with E-state index in [4.69, 9.17) is 0 Å². The number of phenols is 1. The molecule has 0 aromatic heterocycles. The molecule has 15 heavy (non-hydrogen) atoms. The van der Waals surface area contributed by atoms with E-state index in [9.17, 15) is 5.11 Å². The minimum atomic E-state index is 0.385. The topological polar surface area (TPSA) is 20.2 Å². The Morgan fingerprint density at radius 2 is 2.00 bits per heavy atom. The average Bonchev–Trinajstić information content (AvgIpc) is 2.16. The lowest BCUT2D eigenvalue weighted by Crippen LogP contribution is -2.26. The lowest BCUT2D eigenvalue weighted by atomic mass is 9.67. The highest BCUT2D eigenvalue weighted by Gasteiger charge is 2.32. The van der Waals surface area contributed by atoms with Gasteiger partial charge in [-0.2, -0.15) is 0 Å². The summed E-state index contributed by atoms with van der Waals surface area (Å²) in [6.07, 6.45) is 2.31. The van der Waals surface area contributed by atoms with Crippen LogP contribution in [0, 0.1) is 12.3 Å². The van der Waals surface area contributed by atoms with Gasteiger partial charge in [0.05, 0.1) is 0 Å². The van der Waals surface area contributed by atoms with Gasteiger partial charge in [0.1, 0.15) is 5.75 Å². The van der Waals surface area contributed by atoms with Crippen molar-refractivity contribution in [1.82, 2.24) is 0 Å². The van der Waals surface area contributed by atoms with E-state index in [0.29, 0.717) is 17.1 Å². The van der Waals surface area contributed by atoms with Crippen LogP contribution in [0.25, 0.3) is 0 Å². The summed E-state index contributed by atoms with van der Waals surface area (Å²) < 4.78 is 0. The molecular formula is C14H20O. The Morgan fingerprint density at radius 3 is 2.67 bits per heavy atom. The molecule has 0 bridgehead atoms. The van der Waals surface area contributed by atoms with Gasteiger partial charge in [-0.05, 0) is 53.9 Å². The first kappa shape index (κ1) is 10.5. The maximum Gasteiger partial charge on any atom is 0.118 e. The van der Waals surface area contributed by atoms with Gasteiger partial charge >= 0.3 is 0 Å². The number of aromatic hydroxyl groups is 1. The average molecular weight is 204 g/mol. The number of fused-ring (bicyclic) bond motifs is 1. The van der Waals surface area contributed by atoms with Crippen molar-refractivity contribution in [3.63, 3.8) is 0 Å². The summed E-state index contributed by atoms with van der Waals surface area (Å²) >= 11 is 0. The molecule has 0 amide bonds. The number of hydrogen-bond acceptors (Lipinski definition) is 1. The van der Waals surface area contributed by atoms with Crippen LogP contribution in [0.15, 0.2) is 12.1 Å². The number of phenolic OH excluding ortho intramolecular Hbond substituents is 1. The van der Waals surface area contributed by atoms with Crippen LogP contribution in [0.5, 0.6) is 5.75 Å². The van der Waals surface area contributed by atoms with Crippen LogP contribution in [0.2, 0.25) is 0 Å². The molecule has 1 unspecified atom stereocenters. The first-order valence-corrected chi connectivity index (χ1v) is 5.74. The number of benzene rings is 1. The van der Waals surface area contributed by atoms with Gasteiger partial charge in [0.2, 0.25) is 0 Å². The van der Waals surface area contributed by atoms with Crippen molar-refractivity contribution >= 4 is 0 Å². The molecule has 1 aromatic carbocycles. The largest absolute Gasteiger partial charge is 0.508 e. The van der Waals surface area contributed by atoms with Crippen LogP contribution < -0.4 is 0 Å². The second kappa shape index (κ2) is 3.26. The van der Waals surface area contributed by atoms with Crippen molar-refractivity contribution in [3.8, 4) is 5.75 Å². The Labute approximate surface area is 92.1 Å². The third-order valence-electron chi connectivity index (χ3n) is 4.14. The van der Waals surface area contributed by atoms with Gasteiger partial charge in [0.25, 0.3) is 0 Å². The molecule has 0 spiro atoms. The van der Waals surface area contributed by atoms with Crippen molar-refractivity contribution in [1.29, 1.82) is 0 Å². The normalized spacial score (nSPS) is 23.6. The zero-order valence-electron chi connectivity index (χ0n) is 10.1. The van der Waals surface area contributed by atoms with E-state index in [-0.39, 0.29) is 0 Å². The molecule has 1 atom stereocenters. The molecule has 1 N–H and O–H groups in total. The Kier molecular flexibility index (Phi) is 2.29. The fourth-order valence-electron chi connectivity index (χ4n) is 2.48. The van der Waals surface area contributed by atoms with Crippen molar-refractivity contribution in [2.24, 2.45) is 5.41 Å². The molecule has 0 aliphatic heterocycles. The van der Waals surface area contributed by atoms with Crippen LogP contribution in [-0.2, 0) is 6.42 Å². The zero-order chi connectivity index (χ0) is 11.2. The smallest absolute Gasteiger partial charge is 0.118 e. The maximum atomic E-state index is 9.69. The minimum absolute atomic E-state index is 0.385. The lowest BCUT2D eigenvalue weighted by molar-refractivity contribution is 0.258. The van der Waals surface area contributed by atoms with E-state index < -0.39 is 0 Å². The van der Waals surface area contributed by atoms with Crippen LogP contribution in [0.3, 0.4) is 0 Å². The summed E-state index contributed by atoms with van der Waals surface area (Å²) in [5.41, 5.74) is 4.15. The molecule has 0 radical (unpaired) electrons. The molecule has 1 aromatic rings. The fourth-order valence-corrected chi connectivity index (χ4v) is 2.48. The SMILES string of the molecule is Cc1cc2c(cc1O)CCC(C)(C)C2C. The molecule has 0 fully saturated rings. The second-order valence-electron chi connectivity index (χ2n) is 5.55. The fraction of sp³-hybridized carbons (Fsp3) is 0.571. The lowest BCUT2D eigenvalue weighted by Gasteiger charge is -2.38. The molecule has 0 heterocycles. The summed E-state index contributed by atoms with van der Waals surface area (Å²) in [5.74, 6) is 1.03. The van der Waals surface area contributed by atoms with E-state index in [2.05, 4.69) is 26.8 Å². The van der Waals surface area contributed by atoms with Gasteiger partial charge in [-0.1, -0.05) is 26.8 Å². The van der Waals surface area contributed by atoms with Crippen molar-refractivity contribution in [2.75, 3.05) is 0 Å². The summed E-state index contributed by atoms with van der Waals surface area (Å²) in [6, 6.07) is 4.12. The first-order chi connectivity index (χ1) is 6.92. The Balaban J connectivity index is 2.52. The highest BCUT2D eigenvalue weighted by molar-refractivity contribution is 5.44. The first-order valence-electron chi connectivity index (χ1n) is 5.74. The quantitative estimate of drug-likeness (QED) is 0.682. The van der Waals surface area contributed by atoms with E-state index >= 15 is 0 Å². The Morgan fingerprint density at radius 1 is 1.33 bits per heavy atom. The maximum absolute atomic E-state index is 9.69. The van der Waals surface area contributed by atoms with Crippen molar-refractivity contribution in [3.05, 3.63) is 28.8 Å². The van der Waals surface area contributed by atoms with Crippen molar-refractivity contribution < 1.29 is 5.11 Å². The third-order valence-corrected chi connectivity index (χ3v) is 4.14. The number of aryl methyl sites for hydroxylation is 2. The van der Waals surface area contributed by atoms with Crippen LogP contribution in [-0.4, -0.2) is 5.11 Å². The summed E-state index contributed by atoms with van der Waals surface area (Å²) in [6.45, 7) is 8.95. The number of hydrogen-bond donors (Lipinski definition) is 1. The van der Waals surface area contributed by atoms with Gasteiger partial charge < -0.3 is 5.11 Å². The molecule has 1 aliphatic rings. The van der Waals surface area contributed by atoms with E-state index in [1.807, 2.05) is 13.0 Å². The Hall–Kier alpha value is -0.980. The minimum Gasteiger partial charge on any atom is -0.508 e. The predicted molar refractivity (Wildman–Crippen MR) is 63.4 cm³/mol. The van der Waals surface area contributed by atoms with Crippen LogP contribution in [0.4, 0.5) is 0 Å². The zero-order valence-corrected chi connectivity index (χ0v) is 10.1. The summed E-state index contributed by atoms with van der Waals surface area (Å²) in [4.78, 5) is 0. The summed E-state index contributed by atoms with van der Waals surface area (Å²) in [7, 11) is 0. The van der Waals surface area contributed by atoms with Gasteiger partial charge in [-0.3, -0.25) is 0 Å². The standard InChI is InChI=1S/C14H20O/c1-9-7-12-10(2)14(3,4)6-5-11(12)8-13(9)15/h7-8,10,15H,5-6H2,1-4H3. The molecular weight excluding hydrogens is 184 g/mol. The highest BCUT2D eigenvalue weighted by Crippen LogP contribution is 2.45. The third kappa shape index (κ3) is 1.64. The molecule has 1 heteroatoms. The number of rotatable bonds is 0. The van der Waals surface area contributed by atoms with Gasteiger partial charge in [0, 0.05) is 0 Å². The van der Waals surface area contributed by atoms with E-state index in [1.54, 1.807) is 0 Å². The second-order valence-corrected chi connectivity index (χ2v) is 5.55. The van der Waals surface area contributed by atoms with Crippen LogP contribution in [0.1, 0.15) is 49.8 Å². The molecule has 2 rings (SSSR count). The van der Waals surface area contributed by atoms with Gasteiger partial charge in [-0.15, -0.1) is 0 Å². The monoisotopic (exact) mass is 204 g/mol. The van der Waals surface area contributed by atoms with Gasteiger partial charge in [0.15, 0.2) is 0 Å². The molecule has 82 valence electrons. The molecule has 0 saturated carbocycles. The molecule has 1 aliphatic carbocycles. The van der Waals surface area contributed by atoms with Crippen LogP contribution >= 0.6 is 0 Å². The summed E-state index contributed by atoms with van der Waals surface area (Å²) in [5, 5.41) is 9.69. The molecule has 0 saturated heterocycles. The van der Waals surface area contributed by atoms with E-state index in [1.165, 1.54) is 17.5 Å². The van der Waals surface area contributed by atoms with E-state index in [0.717, 1.165) is 12.0 Å². The highest BCUT2D eigenvalue weighted by atomic mass is 16.3. The van der Waals surface area contributed by atoms with Crippen molar-refractivity contribution in [2.45, 2.75) is 46.5 Å². The molecule has 1 nitrogen and oxygen atoms in total. The Bertz CT molecular complexity index is 391. The predicted octanol–water partition coefficient (Wildman–Crippen LogP) is 3.78.